The van der Waals surface area contributed by atoms with E-state index in [0.29, 0.717) is 5.82 Å². The van der Waals surface area contributed by atoms with E-state index in [9.17, 15) is 4.79 Å². The van der Waals surface area contributed by atoms with Crippen LogP contribution in [0.1, 0.15) is 22.4 Å². The lowest BCUT2D eigenvalue weighted by Crippen LogP contribution is -2.22. The minimum atomic E-state index is -0.212. The van der Waals surface area contributed by atoms with Gasteiger partial charge in [0.15, 0.2) is 11.9 Å². The van der Waals surface area contributed by atoms with Crippen LogP contribution in [0.5, 0.6) is 5.75 Å². The van der Waals surface area contributed by atoms with Crippen molar-refractivity contribution in [1.82, 2.24) is 9.97 Å². The van der Waals surface area contributed by atoms with Crippen LogP contribution in [0.3, 0.4) is 0 Å². The third-order valence-corrected chi connectivity index (χ3v) is 7.72. The molecule has 4 nitrogen and oxygen atoms in total. The second-order valence-electron chi connectivity index (χ2n) is 5.80. The zero-order valence-electron chi connectivity index (χ0n) is 12.7. The van der Waals surface area contributed by atoms with Crippen molar-refractivity contribution < 1.29 is 4.74 Å². The van der Waals surface area contributed by atoms with Crippen molar-refractivity contribution in [2.45, 2.75) is 23.2 Å². The van der Waals surface area contributed by atoms with Gasteiger partial charge in [-0.15, -0.1) is 23.1 Å². The Morgan fingerprint density at radius 2 is 2.21 bits per heavy atom. The van der Waals surface area contributed by atoms with Crippen LogP contribution in [0.15, 0.2) is 34.0 Å². The zero-order chi connectivity index (χ0) is 16.1. The number of benzene rings is 1. The van der Waals surface area contributed by atoms with Gasteiger partial charge in [-0.1, -0.05) is 12.1 Å². The van der Waals surface area contributed by atoms with Gasteiger partial charge in [-0.3, -0.25) is 4.79 Å². The fraction of sp³-hybridized carbons (Fsp3) is 0.294. The van der Waals surface area contributed by atoms with Crippen molar-refractivity contribution in [2.24, 2.45) is 0 Å². The van der Waals surface area contributed by atoms with Crippen molar-refractivity contribution in [3.05, 3.63) is 50.9 Å². The Hall–Kier alpha value is -1.44. The number of H-pyrrole nitrogens is 1. The van der Waals surface area contributed by atoms with Crippen LogP contribution in [0.4, 0.5) is 0 Å². The maximum atomic E-state index is 12.7. The molecule has 1 unspecified atom stereocenters. The Bertz CT molecular complexity index is 995. The number of aryl methyl sites for hydroxylation is 1. The monoisotopic (exact) mass is 374 g/mol. The molecule has 2 aromatic heterocycles. The SMILES string of the molecule is O=c1[nH]c(C2CSc3ccccc3O2)nc2sc3c(c12)CCSC3. The number of aromatic amines is 1. The van der Waals surface area contributed by atoms with Crippen molar-refractivity contribution in [2.75, 3.05) is 11.5 Å². The number of hydrogen-bond acceptors (Lipinski definition) is 6. The predicted molar refractivity (Wildman–Crippen MR) is 101 cm³/mol. The van der Waals surface area contributed by atoms with Crippen LogP contribution < -0.4 is 10.3 Å². The quantitative estimate of drug-likeness (QED) is 0.698. The highest BCUT2D eigenvalue weighted by molar-refractivity contribution is 7.99. The molecule has 0 saturated heterocycles. The van der Waals surface area contributed by atoms with Crippen LogP contribution in [-0.4, -0.2) is 21.5 Å². The molecule has 0 radical (unpaired) electrons. The molecule has 1 N–H and O–H groups in total. The molecule has 122 valence electrons. The van der Waals surface area contributed by atoms with E-state index >= 15 is 0 Å². The molecular formula is C17H14N2O2S3. The number of thiophene rings is 1. The summed E-state index contributed by atoms with van der Waals surface area (Å²) in [5.74, 6) is 4.34. The molecule has 24 heavy (non-hydrogen) atoms. The fourth-order valence-corrected chi connectivity index (χ4v) is 6.50. The Kier molecular flexibility index (Phi) is 3.61. The van der Waals surface area contributed by atoms with E-state index in [1.807, 2.05) is 30.0 Å². The van der Waals surface area contributed by atoms with Gasteiger partial charge in [0.1, 0.15) is 10.6 Å². The molecule has 0 fully saturated rings. The van der Waals surface area contributed by atoms with E-state index in [0.717, 1.165) is 44.5 Å². The molecule has 2 aliphatic rings. The normalized spacial score (nSPS) is 19.6. The van der Waals surface area contributed by atoms with Gasteiger partial charge in [0, 0.05) is 21.3 Å². The number of fused-ring (bicyclic) bond motifs is 4. The summed E-state index contributed by atoms with van der Waals surface area (Å²) >= 11 is 5.33. The predicted octanol–water partition coefficient (Wildman–Crippen LogP) is 4.00. The fourth-order valence-electron chi connectivity index (χ4n) is 3.15. The molecule has 2 aliphatic heterocycles. The molecule has 0 spiro atoms. The largest absolute Gasteiger partial charge is 0.480 e. The molecule has 0 aliphatic carbocycles. The van der Waals surface area contributed by atoms with Gasteiger partial charge >= 0.3 is 0 Å². The van der Waals surface area contributed by atoms with Gasteiger partial charge < -0.3 is 9.72 Å². The Morgan fingerprint density at radius 3 is 3.17 bits per heavy atom. The van der Waals surface area contributed by atoms with Crippen molar-refractivity contribution in [1.29, 1.82) is 0 Å². The topological polar surface area (TPSA) is 55.0 Å². The van der Waals surface area contributed by atoms with Gasteiger partial charge in [0.25, 0.3) is 5.56 Å². The van der Waals surface area contributed by atoms with E-state index in [4.69, 9.17) is 9.72 Å². The van der Waals surface area contributed by atoms with Crippen molar-refractivity contribution in [3.63, 3.8) is 0 Å². The zero-order valence-corrected chi connectivity index (χ0v) is 15.2. The number of hydrogen-bond donors (Lipinski definition) is 1. The third kappa shape index (κ3) is 2.37. The third-order valence-electron chi connectivity index (χ3n) is 4.31. The molecule has 0 bridgehead atoms. The molecular weight excluding hydrogens is 360 g/mol. The van der Waals surface area contributed by atoms with Crippen LogP contribution >= 0.6 is 34.9 Å². The lowest BCUT2D eigenvalue weighted by molar-refractivity contribution is 0.210. The van der Waals surface area contributed by atoms with E-state index in [1.165, 1.54) is 10.4 Å². The lowest BCUT2D eigenvalue weighted by Gasteiger charge is -2.24. The lowest BCUT2D eigenvalue weighted by atomic mass is 10.1. The maximum absolute atomic E-state index is 12.7. The summed E-state index contributed by atoms with van der Waals surface area (Å²) < 4.78 is 6.07. The molecule has 0 saturated carbocycles. The van der Waals surface area contributed by atoms with E-state index in [2.05, 4.69) is 11.1 Å². The van der Waals surface area contributed by atoms with Crippen molar-refractivity contribution >= 4 is 45.1 Å². The first-order chi connectivity index (χ1) is 11.8. The van der Waals surface area contributed by atoms with E-state index in [-0.39, 0.29) is 11.7 Å². The number of ether oxygens (including phenoxy) is 1. The highest BCUT2D eigenvalue weighted by atomic mass is 32.2. The average molecular weight is 375 g/mol. The van der Waals surface area contributed by atoms with Crippen LogP contribution in [0.2, 0.25) is 0 Å². The summed E-state index contributed by atoms with van der Waals surface area (Å²) in [6.45, 7) is 0. The van der Waals surface area contributed by atoms with Gasteiger partial charge in [-0.2, -0.15) is 11.8 Å². The maximum Gasteiger partial charge on any atom is 0.260 e. The first-order valence-corrected chi connectivity index (χ1v) is 10.8. The van der Waals surface area contributed by atoms with Gasteiger partial charge in [-0.25, -0.2) is 4.98 Å². The number of para-hydroxylation sites is 1. The van der Waals surface area contributed by atoms with Crippen LogP contribution in [0, 0.1) is 0 Å². The highest BCUT2D eigenvalue weighted by Gasteiger charge is 2.26. The smallest absolute Gasteiger partial charge is 0.260 e. The Balaban J connectivity index is 1.58. The number of rotatable bonds is 1. The molecule has 3 aromatic rings. The average Bonchev–Trinajstić information content (AvgIpc) is 3.00. The molecule has 4 heterocycles. The molecule has 0 amide bonds. The number of aromatic nitrogens is 2. The Labute approximate surface area is 151 Å². The minimum absolute atomic E-state index is 0.0214. The summed E-state index contributed by atoms with van der Waals surface area (Å²) in [6.07, 6.45) is 0.753. The summed E-state index contributed by atoms with van der Waals surface area (Å²) in [5.41, 5.74) is 1.19. The first-order valence-electron chi connectivity index (χ1n) is 7.80. The van der Waals surface area contributed by atoms with Gasteiger partial charge in [0.05, 0.1) is 5.39 Å². The standard InChI is InChI=1S/C17H14N2O2S3/c20-16-14-9-5-6-22-8-13(9)24-17(14)19-15(18-16)11-7-23-12-4-2-1-3-10(12)21-11/h1-4,11H,5-8H2,(H,18,19,20). The summed E-state index contributed by atoms with van der Waals surface area (Å²) in [4.78, 5) is 23.7. The molecule has 1 atom stereocenters. The summed E-state index contributed by atoms with van der Waals surface area (Å²) in [5, 5.41) is 0.794. The van der Waals surface area contributed by atoms with Crippen LogP contribution in [0.25, 0.3) is 10.2 Å². The number of nitrogens with zero attached hydrogens (tertiary/aromatic N) is 1. The second kappa shape index (κ2) is 5.82. The van der Waals surface area contributed by atoms with Gasteiger partial charge in [-0.05, 0) is 29.9 Å². The number of nitrogens with one attached hydrogen (secondary N) is 1. The first kappa shape index (κ1) is 14.9. The number of thioether (sulfide) groups is 2. The van der Waals surface area contributed by atoms with Crippen LogP contribution in [-0.2, 0) is 12.2 Å². The Morgan fingerprint density at radius 1 is 1.29 bits per heavy atom. The molecule has 7 heteroatoms. The van der Waals surface area contributed by atoms with E-state index in [1.54, 1.807) is 23.1 Å². The second-order valence-corrected chi connectivity index (χ2v) is 9.05. The summed E-state index contributed by atoms with van der Waals surface area (Å²) in [6, 6.07) is 7.99. The van der Waals surface area contributed by atoms with Gasteiger partial charge in [0.2, 0.25) is 0 Å². The highest BCUT2D eigenvalue weighted by Crippen LogP contribution is 2.40. The molecule has 5 rings (SSSR count). The minimum Gasteiger partial charge on any atom is -0.480 e. The summed E-state index contributed by atoms with van der Waals surface area (Å²) in [7, 11) is 0. The van der Waals surface area contributed by atoms with Crippen molar-refractivity contribution in [3.8, 4) is 5.75 Å². The van der Waals surface area contributed by atoms with E-state index < -0.39 is 0 Å². The molecule has 1 aromatic carbocycles.